The van der Waals surface area contributed by atoms with E-state index in [0.29, 0.717) is 18.1 Å². The molecular formula is C8H7ClN2O. The van der Waals surface area contributed by atoms with Crippen molar-refractivity contribution in [1.29, 1.82) is 0 Å². The average Bonchev–Trinajstić information content (AvgIpc) is 2.05. The maximum Gasteiger partial charge on any atom is 0.234 e. The van der Waals surface area contributed by atoms with Crippen molar-refractivity contribution in [3.05, 3.63) is 29.0 Å². The first-order valence-corrected chi connectivity index (χ1v) is 3.86. The second kappa shape index (κ2) is 4.65. The lowest BCUT2D eigenvalue weighted by Crippen LogP contribution is -1.92. The monoisotopic (exact) mass is 182 g/mol. The van der Waals surface area contributed by atoms with Crippen molar-refractivity contribution in [1.82, 2.24) is 4.98 Å². The molecule has 0 radical (unpaired) electrons. The molecule has 62 valence electrons. The molecule has 0 unspecified atom stereocenters. The van der Waals surface area contributed by atoms with Gasteiger partial charge in [-0.15, -0.1) is 0 Å². The van der Waals surface area contributed by atoms with Gasteiger partial charge in [0.1, 0.15) is 5.15 Å². The van der Waals surface area contributed by atoms with E-state index in [0.717, 1.165) is 5.69 Å². The third kappa shape index (κ3) is 2.82. The topological polar surface area (TPSA) is 42.3 Å². The van der Waals surface area contributed by atoms with Crippen molar-refractivity contribution in [2.75, 3.05) is 6.54 Å². The second-order valence-corrected chi connectivity index (χ2v) is 2.56. The van der Waals surface area contributed by atoms with Crippen LogP contribution < -0.4 is 0 Å². The summed E-state index contributed by atoms with van der Waals surface area (Å²) in [6.45, 7) is 0.414. The van der Waals surface area contributed by atoms with Crippen LogP contribution >= 0.6 is 11.6 Å². The smallest absolute Gasteiger partial charge is 0.234 e. The molecule has 0 aromatic carbocycles. The highest BCUT2D eigenvalue weighted by molar-refractivity contribution is 6.29. The van der Waals surface area contributed by atoms with Gasteiger partial charge in [0.15, 0.2) is 0 Å². The summed E-state index contributed by atoms with van der Waals surface area (Å²) in [6, 6.07) is 5.36. The maximum atomic E-state index is 9.72. The van der Waals surface area contributed by atoms with Crippen LogP contribution in [0.25, 0.3) is 0 Å². The summed E-state index contributed by atoms with van der Waals surface area (Å²) in [5.74, 6) is 0. The number of aliphatic imine (C=N–C) groups is 1. The number of halogens is 1. The number of carbonyl (C=O) groups excluding carboxylic acids is 1. The minimum atomic E-state index is 0.414. The van der Waals surface area contributed by atoms with Crippen LogP contribution in [0.1, 0.15) is 5.69 Å². The van der Waals surface area contributed by atoms with Gasteiger partial charge in [0.05, 0.1) is 6.54 Å². The van der Waals surface area contributed by atoms with E-state index >= 15 is 0 Å². The third-order valence-corrected chi connectivity index (χ3v) is 1.53. The van der Waals surface area contributed by atoms with Crippen molar-refractivity contribution >= 4 is 17.7 Å². The molecule has 0 atom stereocenters. The Kier molecular flexibility index (Phi) is 3.45. The van der Waals surface area contributed by atoms with Gasteiger partial charge in [0.25, 0.3) is 0 Å². The van der Waals surface area contributed by atoms with Gasteiger partial charge in [-0.25, -0.2) is 14.8 Å². The van der Waals surface area contributed by atoms with E-state index in [-0.39, 0.29) is 0 Å². The predicted molar refractivity (Wildman–Crippen MR) is 45.9 cm³/mol. The van der Waals surface area contributed by atoms with Crippen LogP contribution in [0, 0.1) is 0 Å². The van der Waals surface area contributed by atoms with Crippen molar-refractivity contribution in [2.45, 2.75) is 6.42 Å². The van der Waals surface area contributed by atoms with E-state index in [2.05, 4.69) is 9.98 Å². The molecule has 4 heteroatoms. The summed E-state index contributed by atoms with van der Waals surface area (Å²) in [6.07, 6.45) is 2.09. The van der Waals surface area contributed by atoms with E-state index in [1.54, 1.807) is 6.07 Å². The standard InChI is InChI=1S/C8H7ClN2O/c9-8-3-1-2-7(11-8)4-5-10-6-12/h1-3H,4-5H2. The molecule has 12 heavy (non-hydrogen) atoms. The predicted octanol–water partition coefficient (Wildman–Crippen LogP) is 1.61. The molecule has 0 saturated heterocycles. The largest absolute Gasteiger partial charge is 0.241 e. The molecule has 3 nitrogen and oxygen atoms in total. The van der Waals surface area contributed by atoms with Crippen molar-refractivity contribution < 1.29 is 4.79 Å². The quantitative estimate of drug-likeness (QED) is 0.405. The number of aromatic nitrogens is 1. The Labute approximate surface area is 75.1 Å². The number of hydrogen-bond donors (Lipinski definition) is 0. The van der Waals surface area contributed by atoms with E-state index < -0.39 is 0 Å². The Morgan fingerprint density at radius 2 is 2.42 bits per heavy atom. The fourth-order valence-electron chi connectivity index (χ4n) is 0.806. The van der Waals surface area contributed by atoms with Gasteiger partial charge < -0.3 is 0 Å². The number of hydrogen-bond acceptors (Lipinski definition) is 3. The molecule has 0 amide bonds. The highest BCUT2D eigenvalue weighted by Gasteiger charge is 1.93. The van der Waals surface area contributed by atoms with Gasteiger partial charge in [-0.2, -0.15) is 0 Å². The summed E-state index contributed by atoms with van der Waals surface area (Å²) in [5, 5.41) is 0.461. The number of nitrogens with zero attached hydrogens (tertiary/aromatic N) is 2. The van der Waals surface area contributed by atoms with Gasteiger partial charge >= 0.3 is 0 Å². The van der Waals surface area contributed by atoms with E-state index in [9.17, 15) is 4.79 Å². The second-order valence-electron chi connectivity index (χ2n) is 2.17. The molecule has 0 aliphatic heterocycles. The lowest BCUT2D eigenvalue weighted by molar-refractivity contribution is 0.563. The minimum absolute atomic E-state index is 0.414. The van der Waals surface area contributed by atoms with Crippen LogP contribution in [0.4, 0.5) is 0 Å². The van der Waals surface area contributed by atoms with Crippen LogP contribution in [0.3, 0.4) is 0 Å². The van der Waals surface area contributed by atoms with Gasteiger partial charge in [-0.3, -0.25) is 0 Å². The first-order valence-electron chi connectivity index (χ1n) is 3.48. The minimum Gasteiger partial charge on any atom is -0.241 e. The van der Waals surface area contributed by atoms with Crippen LogP contribution in [0.5, 0.6) is 0 Å². The maximum absolute atomic E-state index is 9.72. The molecule has 1 rings (SSSR count). The Bertz CT molecular complexity index is 308. The molecule has 0 saturated carbocycles. The molecule has 1 aromatic heterocycles. The molecule has 0 aliphatic rings. The summed E-state index contributed by atoms with van der Waals surface area (Å²) < 4.78 is 0. The first kappa shape index (κ1) is 8.91. The summed E-state index contributed by atoms with van der Waals surface area (Å²) in [5.41, 5.74) is 0.835. The Morgan fingerprint density at radius 3 is 3.08 bits per heavy atom. The molecule has 0 N–H and O–H groups in total. The highest BCUT2D eigenvalue weighted by atomic mass is 35.5. The van der Waals surface area contributed by atoms with E-state index in [4.69, 9.17) is 11.6 Å². The highest BCUT2D eigenvalue weighted by Crippen LogP contribution is 2.05. The van der Waals surface area contributed by atoms with Crippen molar-refractivity contribution in [2.24, 2.45) is 4.99 Å². The SMILES string of the molecule is O=C=NCCc1cccc(Cl)n1. The number of pyridine rings is 1. The molecule has 0 bridgehead atoms. The van der Waals surface area contributed by atoms with Crippen LogP contribution in [-0.2, 0) is 11.2 Å². The van der Waals surface area contributed by atoms with Gasteiger partial charge in [0.2, 0.25) is 6.08 Å². The Morgan fingerprint density at radius 1 is 1.58 bits per heavy atom. The third-order valence-electron chi connectivity index (χ3n) is 1.32. The summed E-state index contributed by atoms with van der Waals surface area (Å²) in [7, 11) is 0. The molecule has 0 aliphatic carbocycles. The van der Waals surface area contributed by atoms with Gasteiger partial charge in [0, 0.05) is 12.1 Å². The van der Waals surface area contributed by atoms with Crippen LogP contribution in [0.15, 0.2) is 23.2 Å². The zero-order valence-corrected chi connectivity index (χ0v) is 7.08. The summed E-state index contributed by atoms with van der Waals surface area (Å²) in [4.78, 5) is 17.2. The van der Waals surface area contributed by atoms with Gasteiger partial charge in [-0.05, 0) is 12.1 Å². The van der Waals surface area contributed by atoms with Crippen LogP contribution in [0.2, 0.25) is 5.15 Å². The Balaban J connectivity index is 2.57. The average molecular weight is 183 g/mol. The van der Waals surface area contributed by atoms with Crippen molar-refractivity contribution in [3.8, 4) is 0 Å². The van der Waals surface area contributed by atoms with E-state index in [1.807, 2.05) is 12.1 Å². The number of isocyanates is 1. The van der Waals surface area contributed by atoms with Crippen LogP contribution in [-0.4, -0.2) is 17.6 Å². The zero-order valence-electron chi connectivity index (χ0n) is 6.33. The molecule has 1 heterocycles. The zero-order chi connectivity index (χ0) is 8.81. The lowest BCUT2D eigenvalue weighted by Gasteiger charge is -1.95. The fourth-order valence-corrected chi connectivity index (χ4v) is 0.987. The molecule has 0 fully saturated rings. The number of rotatable bonds is 3. The molecule has 1 aromatic rings. The molecular weight excluding hydrogens is 176 g/mol. The van der Waals surface area contributed by atoms with E-state index in [1.165, 1.54) is 6.08 Å². The normalized spacial score (nSPS) is 9.08. The first-order chi connectivity index (χ1) is 5.83. The molecule has 0 spiro atoms. The fraction of sp³-hybridized carbons (Fsp3) is 0.250. The van der Waals surface area contributed by atoms with Gasteiger partial charge in [-0.1, -0.05) is 17.7 Å². The summed E-state index contributed by atoms with van der Waals surface area (Å²) >= 11 is 5.64. The van der Waals surface area contributed by atoms with Crippen molar-refractivity contribution in [3.63, 3.8) is 0 Å². The lowest BCUT2D eigenvalue weighted by atomic mass is 10.3. The Hall–Kier alpha value is -1.18.